The van der Waals surface area contributed by atoms with Crippen LogP contribution in [0.25, 0.3) is 22.3 Å². The van der Waals surface area contributed by atoms with Crippen molar-refractivity contribution >= 4 is 34.0 Å². The average molecular weight is 498 g/mol. The van der Waals surface area contributed by atoms with E-state index in [0.29, 0.717) is 33.8 Å². The number of anilines is 1. The lowest BCUT2D eigenvalue weighted by Gasteiger charge is -2.26. The molecule has 6 rings (SSSR count). The quantitative estimate of drug-likeness (QED) is 0.316. The highest BCUT2D eigenvalue weighted by molar-refractivity contribution is 7.10. The minimum atomic E-state index is -4.57. The highest BCUT2D eigenvalue weighted by atomic mass is 32.1. The zero-order valence-electron chi connectivity index (χ0n) is 17.8. The predicted molar refractivity (Wildman–Crippen MR) is 121 cm³/mol. The zero-order chi connectivity index (χ0) is 24.5. The second-order valence-corrected chi connectivity index (χ2v) is 8.92. The van der Waals surface area contributed by atoms with Gasteiger partial charge < -0.3 is 4.98 Å². The Hall–Kier alpha value is -4.06. The number of H-pyrrole nitrogens is 2. The van der Waals surface area contributed by atoms with Gasteiger partial charge in [0.25, 0.3) is 5.91 Å². The van der Waals surface area contributed by atoms with Crippen LogP contribution in [0, 0.1) is 12.7 Å². The van der Waals surface area contributed by atoms with Gasteiger partial charge in [0.15, 0.2) is 10.7 Å². The van der Waals surface area contributed by atoms with Crippen molar-refractivity contribution in [3.05, 3.63) is 81.4 Å². The second kappa shape index (κ2) is 7.47. The van der Waals surface area contributed by atoms with Crippen molar-refractivity contribution in [2.24, 2.45) is 0 Å². The van der Waals surface area contributed by atoms with Crippen molar-refractivity contribution in [2.45, 2.75) is 19.1 Å². The molecular weight excluding hydrogens is 484 g/mol. The van der Waals surface area contributed by atoms with Crippen molar-refractivity contribution in [1.82, 2.24) is 25.1 Å². The fraction of sp³-hybridized carbons (Fsp3) is 0.130. The van der Waals surface area contributed by atoms with Crippen LogP contribution in [0.3, 0.4) is 0 Å². The maximum atomic E-state index is 15.5. The molecule has 35 heavy (non-hydrogen) atoms. The second-order valence-electron chi connectivity index (χ2n) is 8.06. The summed E-state index contributed by atoms with van der Waals surface area (Å²) in [7, 11) is 0. The number of nitrogens with one attached hydrogen (secondary N) is 2. The van der Waals surface area contributed by atoms with Crippen LogP contribution in [-0.2, 0) is 6.18 Å². The minimum Gasteiger partial charge on any atom is -0.345 e. The van der Waals surface area contributed by atoms with Gasteiger partial charge in [-0.15, -0.1) is 11.3 Å². The maximum absolute atomic E-state index is 15.5. The number of aromatic nitrogens is 5. The molecule has 3 aromatic heterocycles. The molecular formula is C23H14F4N6OS. The largest absolute Gasteiger partial charge is 0.443 e. The summed E-state index contributed by atoms with van der Waals surface area (Å²) in [4.78, 5) is 25.6. The molecule has 1 amide bonds. The Morgan fingerprint density at radius 1 is 1.14 bits per heavy atom. The Labute approximate surface area is 198 Å². The third-order valence-electron chi connectivity index (χ3n) is 5.97. The number of imidazole rings is 1. The first-order valence-corrected chi connectivity index (χ1v) is 11.2. The molecule has 1 atom stereocenters. The van der Waals surface area contributed by atoms with Crippen LogP contribution in [0.15, 0.2) is 48.1 Å². The number of carbonyl (C=O) groups is 1. The van der Waals surface area contributed by atoms with E-state index in [-0.39, 0.29) is 22.5 Å². The summed E-state index contributed by atoms with van der Waals surface area (Å²) < 4.78 is 54.4. The summed E-state index contributed by atoms with van der Waals surface area (Å²) in [6.07, 6.45) is -3.04. The fourth-order valence-electron chi connectivity index (χ4n) is 4.37. The molecule has 0 fully saturated rings. The number of thiazole rings is 1. The number of hydrogen-bond acceptors (Lipinski definition) is 5. The van der Waals surface area contributed by atoms with Crippen molar-refractivity contribution in [2.75, 3.05) is 4.90 Å². The van der Waals surface area contributed by atoms with Gasteiger partial charge >= 0.3 is 6.18 Å². The number of halogens is 4. The summed E-state index contributed by atoms with van der Waals surface area (Å²) in [6, 6.07) is 8.51. The molecule has 2 aromatic carbocycles. The third-order valence-corrected chi connectivity index (χ3v) is 6.86. The monoisotopic (exact) mass is 498 g/mol. The van der Waals surface area contributed by atoms with Gasteiger partial charge in [-0.2, -0.15) is 18.3 Å². The normalized spacial score (nSPS) is 15.9. The van der Waals surface area contributed by atoms with Crippen molar-refractivity contribution in [1.29, 1.82) is 0 Å². The molecule has 0 saturated carbocycles. The zero-order valence-corrected chi connectivity index (χ0v) is 18.6. The fourth-order valence-corrected chi connectivity index (χ4v) is 5.07. The lowest BCUT2D eigenvalue weighted by atomic mass is 9.96. The number of fused-ring (bicyclic) bond motifs is 2. The Morgan fingerprint density at radius 2 is 1.97 bits per heavy atom. The van der Waals surface area contributed by atoms with E-state index in [0.717, 1.165) is 11.6 Å². The standard InChI is InChI=1S/C23H14F4N6OS/c1-10-18-19(32-31-10)21(34)33(12-3-5-15-16(7-12)29-9-28-15)20(18)13-4-2-11(6-14(13)24)17-8-35-22(30-17)23(25,26)27/h2-9,20H,1H3,(H,28,29)(H,31,32). The molecule has 7 nitrogen and oxygen atoms in total. The van der Waals surface area contributed by atoms with Gasteiger partial charge in [-0.3, -0.25) is 14.8 Å². The first-order chi connectivity index (χ1) is 16.7. The van der Waals surface area contributed by atoms with Gasteiger partial charge in [0.2, 0.25) is 0 Å². The van der Waals surface area contributed by atoms with Gasteiger partial charge in [-0.25, -0.2) is 14.4 Å². The summed E-state index contributed by atoms with van der Waals surface area (Å²) in [5.74, 6) is -1.08. The molecule has 0 bridgehead atoms. The van der Waals surface area contributed by atoms with Gasteiger partial charge in [0.1, 0.15) is 5.82 Å². The van der Waals surface area contributed by atoms with E-state index < -0.39 is 29.0 Å². The van der Waals surface area contributed by atoms with Gasteiger partial charge in [-0.05, 0) is 31.2 Å². The minimum absolute atomic E-state index is 0.0243. The Bertz CT molecular complexity index is 1620. The SMILES string of the molecule is Cc1[nH]nc2c1C(c1ccc(-c3csc(C(F)(F)F)n3)cc1F)N(c1ccc3[nH]cnc3c1)C2=O. The van der Waals surface area contributed by atoms with Crippen LogP contribution in [0.1, 0.15) is 38.4 Å². The molecule has 0 radical (unpaired) electrons. The van der Waals surface area contributed by atoms with E-state index in [2.05, 4.69) is 25.1 Å². The van der Waals surface area contributed by atoms with Gasteiger partial charge in [0.05, 0.1) is 29.1 Å². The number of rotatable bonds is 3. The van der Waals surface area contributed by atoms with Crippen LogP contribution < -0.4 is 4.90 Å². The van der Waals surface area contributed by atoms with Crippen molar-refractivity contribution in [3.8, 4) is 11.3 Å². The Balaban J connectivity index is 1.46. The topological polar surface area (TPSA) is 90.6 Å². The van der Waals surface area contributed by atoms with E-state index in [1.807, 2.05) is 0 Å². The molecule has 1 aliphatic heterocycles. The first-order valence-electron chi connectivity index (χ1n) is 10.4. The number of hydrogen-bond donors (Lipinski definition) is 2. The summed E-state index contributed by atoms with van der Waals surface area (Å²) in [6.45, 7) is 1.74. The van der Waals surface area contributed by atoms with Crippen LogP contribution >= 0.6 is 11.3 Å². The number of nitrogens with zero attached hydrogens (tertiary/aromatic N) is 4. The molecule has 176 valence electrons. The number of aromatic amines is 2. The Kier molecular flexibility index (Phi) is 4.58. The molecule has 12 heteroatoms. The van der Waals surface area contributed by atoms with E-state index in [1.165, 1.54) is 28.7 Å². The average Bonchev–Trinajstić information content (AvgIpc) is 3.59. The molecule has 0 saturated heterocycles. The van der Waals surface area contributed by atoms with Crippen molar-refractivity contribution < 1.29 is 22.4 Å². The number of carbonyl (C=O) groups excluding carboxylic acids is 1. The lowest BCUT2D eigenvalue weighted by Crippen LogP contribution is -2.30. The van der Waals surface area contributed by atoms with Gasteiger partial charge in [-0.1, -0.05) is 12.1 Å². The molecule has 1 unspecified atom stereocenters. The summed E-state index contributed by atoms with van der Waals surface area (Å²) in [5.41, 5.74) is 3.67. The van der Waals surface area contributed by atoms with Crippen molar-refractivity contribution in [3.63, 3.8) is 0 Å². The predicted octanol–water partition coefficient (Wildman–Crippen LogP) is 5.63. The van der Waals surface area contributed by atoms with Gasteiger partial charge in [0, 0.05) is 33.5 Å². The number of amides is 1. The Morgan fingerprint density at radius 3 is 2.71 bits per heavy atom. The summed E-state index contributed by atoms with van der Waals surface area (Å²) in [5, 5.41) is 7.15. The third kappa shape index (κ3) is 3.32. The highest BCUT2D eigenvalue weighted by Crippen LogP contribution is 2.44. The maximum Gasteiger partial charge on any atom is 0.443 e. The smallest absolute Gasteiger partial charge is 0.345 e. The number of alkyl halides is 3. The number of aryl methyl sites for hydroxylation is 1. The first kappa shape index (κ1) is 21.5. The number of benzene rings is 2. The van der Waals surface area contributed by atoms with E-state index in [1.54, 1.807) is 25.1 Å². The van der Waals surface area contributed by atoms with Crippen LogP contribution in [0.2, 0.25) is 0 Å². The van der Waals surface area contributed by atoms with E-state index in [9.17, 15) is 18.0 Å². The molecule has 2 N–H and O–H groups in total. The molecule has 4 heterocycles. The van der Waals surface area contributed by atoms with Crippen LogP contribution in [0.4, 0.5) is 23.2 Å². The van der Waals surface area contributed by atoms with Crippen LogP contribution in [0.5, 0.6) is 0 Å². The van der Waals surface area contributed by atoms with Crippen LogP contribution in [-0.4, -0.2) is 31.1 Å². The summed E-state index contributed by atoms with van der Waals surface area (Å²) >= 11 is 0.448. The lowest BCUT2D eigenvalue weighted by molar-refractivity contribution is -0.137. The molecule has 5 aromatic rings. The van der Waals surface area contributed by atoms with E-state index in [4.69, 9.17) is 0 Å². The molecule has 0 spiro atoms. The molecule has 0 aliphatic carbocycles. The highest BCUT2D eigenvalue weighted by Gasteiger charge is 2.43. The molecule has 1 aliphatic rings. The van der Waals surface area contributed by atoms with E-state index >= 15 is 4.39 Å².